The van der Waals surface area contributed by atoms with Gasteiger partial charge < -0.3 is 5.32 Å². The molecular weight excluding hydrogens is 214 g/mol. The number of hydrogen-bond acceptors (Lipinski definition) is 3. The predicted molar refractivity (Wildman–Crippen MR) is 59.2 cm³/mol. The summed E-state index contributed by atoms with van der Waals surface area (Å²) in [6.45, 7) is 4.00. The van der Waals surface area contributed by atoms with Gasteiger partial charge in [0.05, 0.1) is 5.75 Å². The van der Waals surface area contributed by atoms with Crippen molar-refractivity contribution in [3.8, 4) is 0 Å². The molecule has 5 heteroatoms. The fraction of sp³-hybridized carbons (Fsp3) is 0.700. The molecule has 1 aliphatic heterocycles. The molecule has 0 spiro atoms. The third kappa shape index (κ3) is 3.34. The van der Waals surface area contributed by atoms with Crippen molar-refractivity contribution in [3.63, 3.8) is 0 Å². The number of nitrogens with one attached hydrogen (secondary N) is 1. The maximum absolute atomic E-state index is 11.6. The first-order chi connectivity index (χ1) is 7.08. The number of amides is 1. The lowest BCUT2D eigenvalue weighted by Crippen LogP contribution is -2.43. The largest absolute Gasteiger partial charge is 0.355 e. The highest BCUT2D eigenvalue weighted by molar-refractivity contribution is 7.92. The van der Waals surface area contributed by atoms with Crippen molar-refractivity contribution in [1.82, 2.24) is 5.32 Å². The summed E-state index contributed by atoms with van der Waals surface area (Å²) in [5, 5.41) is 1.80. The van der Waals surface area contributed by atoms with Gasteiger partial charge in [0, 0.05) is 6.54 Å². The second kappa shape index (κ2) is 5.30. The second-order valence-corrected chi connectivity index (χ2v) is 6.02. The Labute approximate surface area is 90.7 Å². The van der Waals surface area contributed by atoms with E-state index < -0.39 is 15.1 Å². The third-order valence-electron chi connectivity index (χ3n) is 2.52. The Hall–Kier alpha value is -0.840. The van der Waals surface area contributed by atoms with Gasteiger partial charge in [0.25, 0.3) is 0 Å². The van der Waals surface area contributed by atoms with Crippen molar-refractivity contribution < 1.29 is 13.2 Å². The van der Waals surface area contributed by atoms with Gasteiger partial charge in [-0.25, -0.2) is 8.42 Å². The molecule has 0 bridgehead atoms. The lowest BCUT2D eigenvalue weighted by atomic mass is 10.2. The molecule has 0 radical (unpaired) electrons. The summed E-state index contributed by atoms with van der Waals surface area (Å²) in [5.41, 5.74) is 0. The molecule has 1 fully saturated rings. The lowest BCUT2D eigenvalue weighted by Gasteiger charge is -2.21. The first-order valence-electron chi connectivity index (χ1n) is 5.18. The minimum atomic E-state index is -3.20. The Bertz CT molecular complexity index is 335. The molecule has 1 aliphatic rings. The molecule has 0 aliphatic carbocycles. The number of carbonyl (C=O) groups is 1. The van der Waals surface area contributed by atoms with Gasteiger partial charge in [-0.15, -0.1) is 6.58 Å². The van der Waals surface area contributed by atoms with Gasteiger partial charge in [0.1, 0.15) is 5.25 Å². The van der Waals surface area contributed by atoms with E-state index in [1.807, 2.05) is 0 Å². The molecule has 0 aromatic heterocycles. The average molecular weight is 231 g/mol. The van der Waals surface area contributed by atoms with E-state index in [-0.39, 0.29) is 11.7 Å². The molecule has 1 heterocycles. The molecule has 4 nitrogen and oxygen atoms in total. The highest BCUT2D eigenvalue weighted by Crippen LogP contribution is 2.19. The Morgan fingerprint density at radius 1 is 1.47 bits per heavy atom. The van der Waals surface area contributed by atoms with Crippen LogP contribution < -0.4 is 5.32 Å². The van der Waals surface area contributed by atoms with E-state index in [9.17, 15) is 13.2 Å². The van der Waals surface area contributed by atoms with E-state index in [0.29, 0.717) is 25.8 Å². The van der Waals surface area contributed by atoms with Crippen LogP contribution in [0.1, 0.15) is 25.7 Å². The van der Waals surface area contributed by atoms with Gasteiger partial charge in [-0.2, -0.15) is 0 Å². The third-order valence-corrected chi connectivity index (χ3v) is 4.69. The Balaban J connectivity index is 2.53. The van der Waals surface area contributed by atoms with E-state index in [2.05, 4.69) is 11.9 Å². The van der Waals surface area contributed by atoms with Crippen LogP contribution in [0, 0.1) is 0 Å². The van der Waals surface area contributed by atoms with Crippen LogP contribution in [0.5, 0.6) is 0 Å². The molecule has 0 aromatic carbocycles. The summed E-state index contributed by atoms with van der Waals surface area (Å²) in [6.07, 6.45) is 4.31. The second-order valence-electron chi connectivity index (χ2n) is 3.72. The first-order valence-corrected chi connectivity index (χ1v) is 6.89. The molecule has 0 saturated carbocycles. The van der Waals surface area contributed by atoms with Gasteiger partial charge in [-0.3, -0.25) is 4.79 Å². The average Bonchev–Trinajstić information content (AvgIpc) is 2.17. The van der Waals surface area contributed by atoms with Crippen molar-refractivity contribution in [2.24, 2.45) is 0 Å². The molecule has 1 rings (SSSR count). The fourth-order valence-corrected chi connectivity index (χ4v) is 3.49. The van der Waals surface area contributed by atoms with Gasteiger partial charge in [-0.05, 0) is 19.3 Å². The summed E-state index contributed by atoms with van der Waals surface area (Å²) >= 11 is 0. The molecule has 1 atom stereocenters. The van der Waals surface area contributed by atoms with Crippen molar-refractivity contribution in [3.05, 3.63) is 12.7 Å². The number of carbonyl (C=O) groups excluding carboxylic acids is 1. The number of hydrogen-bond donors (Lipinski definition) is 1. The standard InChI is InChI=1S/C10H17NO3S/c1-2-3-7-11-10(12)9-6-4-5-8-15(9,13)14/h2,9H,1,3-8H2,(H,11,12). The van der Waals surface area contributed by atoms with Crippen LogP contribution in [0.25, 0.3) is 0 Å². The number of rotatable bonds is 4. The van der Waals surface area contributed by atoms with E-state index in [1.54, 1.807) is 6.08 Å². The smallest absolute Gasteiger partial charge is 0.238 e. The van der Waals surface area contributed by atoms with Crippen LogP contribution >= 0.6 is 0 Å². The highest BCUT2D eigenvalue weighted by atomic mass is 32.2. The quantitative estimate of drug-likeness (QED) is 0.570. The zero-order chi connectivity index (χ0) is 11.3. The molecule has 86 valence electrons. The highest BCUT2D eigenvalue weighted by Gasteiger charge is 2.34. The Kier molecular flexibility index (Phi) is 4.32. The summed E-state index contributed by atoms with van der Waals surface area (Å²) in [4.78, 5) is 11.6. The molecule has 1 N–H and O–H groups in total. The normalized spacial score (nSPS) is 24.4. The topological polar surface area (TPSA) is 63.2 Å². The minimum Gasteiger partial charge on any atom is -0.355 e. The lowest BCUT2D eigenvalue weighted by molar-refractivity contribution is -0.120. The molecule has 1 amide bonds. The summed E-state index contributed by atoms with van der Waals surface area (Å²) in [7, 11) is -3.20. The van der Waals surface area contributed by atoms with Crippen LogP contribution in [-0.2, 0) is 14.6 Å². The zero-order valence-corrected chi connectivity index (χ0v) is 9.55. The zero-order valence-electron chi connectivity index (χ0n) is 8.74. The SMILES string of the molecule is C=CCCNC(=O)C1CCCCS1(=O)=O. The van der Waals surface area contributed by atoms with Crippen LogP contribution in [0.3, 0.4) is 0 Å². The van der Waals surface area contributed by atoms with Crippen molar-refractivity contribution >= 4 is 15.7 Å². The molecule has 15 heavy (non-hydrogen) atoms. The summed E-state index contributed by atoms with van der Waals surface area (Å²) < 4.78 is 23.1. The van der Waals surface area contributed by atoms with E-state index in [4.69, 9.17) is 0 Å². The van der Waals surface area contributed by atoms with E-state index in [0.717, 1.165) is 6.42 Å². The van der Waals surface area contributed by atoms with Crippen LogP contribution in [0.15, 0.2) is 12.7 Å². The van der Waals surface area contributed by atoms with Gasteiger partial charge in [0.15, 0.2) is 9.84 Å². The monoisotopic (exact) mass is 231 g/mol. The molecule has 1 saturated heterocycles. The van der Waals surface area contributed by atoms with Crippen molar-refractivity contribution in [2.45, 2.75) is 30.9 Å². The maximum Gasteiger partial charge on any atom is 0.238 e. The molecular formula is C10H17NO3S. The van der Waals surface area contributed by atoms with Gasteiger partial charge in [0.2, 0.25) is 5.91 Å². The first kappa shape index (κ1) is 12.2. The van der Waals surface area contributed by atoms with Crippen LogP contribution in [-0.4, -0.2) is 31.9 Å². The van der Waals surface area contributed by atoms with Crippen LogP contribution in [0.2, 0.25) is 0 Å². The summed E-state index contributed by atoms with van der Waals surface area (Å²) in [5.74, 6) is -0.205. The minimum absolute atomic E-state index is 0.145. The molecule has 0 aromatic rings. The number of sulfone groups is 1. The van der Waals surface area contributed by atoms with Gasteiger partial charge in [-0.1, -0.05) is 12.5 Å². The maximum atomic E-state index is 11.6. The van der Waals surface area contributed by atoms with E-state index >= 15 is 0 Å². The van der Waals surface area contributed by atoms with E-state index in [1.165, 1.54) is 0 Å². The predicted octanol–water partition coefficient (Wildman–Crippen LogP) is 0.646. The van der Waals surface area contributed by atoms with Gasteiger partial charge >= 0.3 is 0 Å². The van der Waals surface area contributed by atoms with Crippen molar-refractivity contribution in [2.75, 3.05) is 12.3 Å². The molecule has 1 unspecified atom stereocenters. The fourth-order valence-electron chi connectivity index (χ4n) is 1.66. The Morgan fingerprint density at radius 2 is 2.20 bits per heavy atom. The Morgan fingerprint density at radius 3 is 2.80 bits per heavy atom. The van der Waals surface area contributed by atoms with Crippen molar-refractivity contribution in [1.29, 1.82) is 0 Å². The summed E-state index contributed by atoms with van der Waals surface area (Å²) in [6, 6.07) is 0. The van der Waals surface area contributed by atoms with Crippen LogP contribution in [0.4, 0.5) is 0 Å².